The molecule has 2 aromatic rings. The molecule has 5 nitrogen and oxygen atoms in total. The second-order valence-electron chi connectivity index (χ2n) is 4.84. The van der Waals surface area contributed by atoms with Crippen molar-refractivity contribution >= 4 is 22.3 Å². The van der Waals surface area contributed by atoms with E-state index >= 15 is 0 Å². The van der Waals surface area contributed by atoms with E-state index in [9.17, 15) is 0 Å². The van der Waals surface area contributed by atoms with Crippen molar-refractivity contribution in [1.29, 1.82) is 0 Å². The van der Waals surface area contributed by atoms with Crippen molar-refractivity contribution in [3.05, 3.63) is 35.5 Å². The predicted molar refractivity (Wildman–Crippen MR) is 81.3 cm³/mol. The summed E-state index contributed by atoms with van der Waals surface area (Å²) in [5.74, 6) is 1.03. The summed E-state index contributed by atoms with van der Waals surface area (Å²) in [6.45, 7) is 5.44. The van der Waals surface area contributed by atoms with E-state index in [1.807, 2.05) is 11.6 Å². The summed E-state index contributed by atoms with van der Waals surface area (Å²) in [5, 5.41) is 6.18. The van der Waals surface area contributed by atoms with Crippen LogP contribution in [0.3, 0.4) is 0 Å². The van der Waals surface area contributed by atoms with E-state index in [0.717, 1.165) is 42.8 Å². The zero-order chi connectivity index (χ0) is 13.8. The van der Waals surface area contributed by atoms with Crippen LogP contribution < -0.4 is 10.2 Å². The number of nitrogens with zero attached hydrogens (tertiary/aromatic N) is 3. The molecule has 0 saturated carbocycles. The molecule has 0 radical (unpaired) electrons. The number of pyridine rings is 1. The fourth-order valence-electron chi connectivity index (χ4n) is 2.22. The third kappa shape index (κ3) is 3.26. The Kier molecular flexibility index (Phi) is 4.13. The Morgan fingerprint density at radius 1 is 1.45 bits per heavy atom. The fraction of sp³-hybridized carbons (Fsp3) is 0.429. The predicted octanol–water partition coefficient (Wildman–Crippen LogP) is 2.38. The van der Waals surface area contributed by atoms with Crippen LogP contribution in [-0.2, 0) is 11.3 Å². The van der Waals surface area contributed by atoms with Gasteiger partial charge in [0.05, 0.1) is 12.7 Å². The Hall–Kier alpha value is -1.66. The molecule has 3 heterocycles. The van der Waals surface area contributed by atoms with E-state index in [2.05, 4.69) is 39.2 Å². The number of aromatic nitrogens is 2. The summed E-state index contributed by atoms with van der Waals surface area (Å²) in [6.07, 6.45) is 4.00. The van der Waals surface area contributed by atoms with Crippen LogP contribution in [0.25, 0.3) is 0 Å². The standard InChI is InChI=1S/C14H18N4OS/c1-11-10-18(5-6-19-11)13-3-2-12(8-16-13)9-17-14-15-4-7-20-14/h2-4,7-8,11H,5-6,9-10H2,1H3,(H,15,17). The van der Waals surface area contributed by atoms with E-state index in [4.69, 9.17) is 4.74 Å². The average Bonchev–Trinajstić information content (AvgIpc) is 2.99. The lowest BCUT2D eigenvalue weighted by atomic mass is 10.2. The van der Waals surface area contributed by atoms with Crippen molar-refractivity contribution in [3.63, 3.8) is 0 Å². The maximum atomic E-state index is 5.55. The van der Waals surface area contributed by atoms with E-state index in [0.29, 0.717) is 0 Å². The SMILES string of the molecule is CC1CN(c2ccc(CNc3nccs3)cn2)CCO1. The molecule has 6 heteroatoms. The van der Waals surface area contributed by atoms with Crippen molar-refractivity contribution in [2.45, 2.75) is 19.6 Å². The number of rotatable bonds is 4. The summed E-state index contributed by atoms with van der Waals surface area (Å²) < 4.78 is 5.55. The molecule has 0 spiro atoms. The molecule has 1 N–H and O–H groups in total. The highest BCUT2D eigenvalue weighted by Gasteiger charge is 2.17. The number of hydrogen-bond donors (Lipinski definition) is 1. The smallest absolute Gasteiger partial charge is 0.182 e. The molecule has 1 atom stereocenters. The van der Waals surface area contributed by atoms with Gasteiger partial charge < -0.3 is 15.0 Å². The number of nitrogens with one attached hydrogen (secondary N) is 1. The Bertz CT molecular complexity index is 529. The molecule has 1 aliphatic heterocycles. The molecular weight excluding hydrogens is 272 g/mol. The van der Waals surface area contributed by atoms with Gasteiger partial charge in [0.25, 0.3) is 0 Å². The summed E-state index contributed by atoms with van der Waals surface area (Å²) in [4.78, 5) is 11.0. The van der Waals surface area contributed by atoms with Crippen LogP contribution in [0.1, 0.15) is 12.5 Å². The summed E-state index contributed by atoms with van der Waals surface area (Å²) in [6, 6.07) is 4.19. The molecule has 1 aliphatic rings. The summed E-state index contributed by atoms with van der Waals surface area (Å²) in [5.41, 5.74) is 1.16. The second-order valence-corrected chi connectivity index (χ2v) is 5.74. The van der Waals surface area contributed by atoms with Crippen LogP contribution in [0.2, 0.25) is 0 Å². The van der Waals surface area contributed by atoms with Gasteiger partial charge in [-0.2, -0.15) is 0 Å². The molecule has 0 aromatic carbocycles. The summed E-state index contributed by atoms with van der Waals surface area (Å²) in [7, 11) is 0. The Balaban J connectivity index is 1.59. The molecule has 0 aliphatic carbocycles. The lowest BCUT2D eigenvalue weighted by Crippen LogP contribution is -2.41. The maximum absolute atomic E-state index is 5.55. The van der Waals surface area contributed by atoms with Crippen LogP contribution in [0, 0.1) is 0 Å². The van der Waals surface area contributed by atoms with Crippen molar-refractivity contribution in [3.8, 4) is 0 Å². The van der Waals surface area contributed by atoms with Gasteiger partial charge in [0.2, 0.25) is 0 Å². The van der Waals surface area contributed by atoms with Crippen LogP contribution >= 0.6 is 11.3 Å². The van der Waals surface area contributed by atoms with Crippen molar-refractivity contribution < 1.29 is 4.74 Å². The van der Waals surface area contributed by atoms with Gasteiger partial charge in [0, 0.05) is 37.4 Å². The van der Waals surface area contributed by atoms with E-state index < -0.39 is 0 Å². The molecular formula is C14H18N4OS. The van der Waals surface area contributed by atoms with E-state index in [-0.39, 0.29) is 6.10 Å². The minimum Gasteiger partial charge on any atom is -0.375 e. The molecule has 20 heavy (non-hydrogen) atoms. The van der Waals surface area contributed by atoms with Crippen LogP contribution in [0.4, 0.5) is 10.9 Å². The van der Waals surface area contributed by atoms with Crippen LogP contribution in [0.15, 0.2) is 29.9 Å². The highest BCUT2D eigenvalue weighted by Crippen LogP contribution is 2.16. The highest BCUT2D eigenvalue weighted by molar-refractivity contribution is 7.13. The number of hydrogen-bond acceptors (Lipinski definition) is 6. The van der Waals surface area contributed by atoms with Gasteiger partial charge >= 0.3 is 0 Å². The second kappa shape index (κ2) is 6.19. The molecule has 3 rings (SSSR count). The quantitative estimate of drug-likeness (QED) is 0.937. The van der Waals surface area contributed by atoms with Gasteiger partial charge in [0.15, 0.2) is 5.13 Å². The average molecular weight is 290 g/mol. The zero-order valence-electron chi connectivity index (χ0n) is 11.5. The lowest BCUT2D eigenvalue weighted by Gasteiger charge is -2.32. The minimum atomic E-state index is 0.275. The highest BCUT2D eigenvalue weighted by atomic mass is 32.1. The first kappa shape index (κ1) is 13.3. The first-order valence-electron chi connectivity index (χ1n) is 6.76. The van der Waals surface area contributed by atoms with Gasteiger partial charge in [-0.1, -0.05) is 6.07 Å². The minimum absolute atomic E-state index is 0.275. The fourth-order valence-corrected chi connectivity index (χ4v) is 2.75. The number of anilines is 2. The largest absolute Gasteiger partial charge is 0.375 e. The third-order valence-electron chi connectivity index (χ3n) is 3.25. The topological polar surface area (TPSA) is 50.3 Å². The van der Waals surface area contributed by atoms with Gasteiger partial charge in [-0.05, 0) is 18.6 Å². The van der Waals surface area contributed by atoms with Gasteiger partial charge in [-0.25, -0.2) is 9.97 Å². The number of morpholine rings is 1. The number of thiazole rings is 1. The molecule has 0 amide bonds. The normalized spacial score (nSPS) is 19.1. The molecule has 2 aromatic heterocycles. The third-order valence-corrected chi connectivity index (χ3v) is 3.98. The Labute approximate surface area is 122 Å². The first-order chi connectivity index (χ1) is 9.81. The van der Waals surface area contributed by atoms with Gasteiger partial charge in [0.1, 0.15) is 5.82 Å². The maximum Gasteiger partial charge on any atom is 0.182 e. The molecule has 106 valence electrons. The Morgan fingerprint density at radius 2 is 2.40 bits per heavy atom. The van der Waals surface area contributed by atoms with Crippen LogP contribution in [-0.4, -0.2) is 35.8 Å². The van der Waals surface area contributed by atoms with Crippen molar-refractivity contribution in [2.24, 2.45) is 0 Å². The lowest BCUT2D eigenvalue weighted by molar-refractivity contribution is 0.0529. The van der Waals surface area contributed by atoms with Gasteiger partial charge in [-0.3, -0.25) is 0 Å². The molecule has 0 bridgehead atoms. The van der Waals surface area contributed by atoms with E-state index in [1.54, 1.807) is 17.5 Å². The van der Waals surface area contributed by atoms with Crippen LogP contribution in [0.5, 0.6) is 0 Å². The molecule has 1 saturated heterocycles. The molecule has 1 unspecified atom stereocenters. The van der Waals surface area contributed by atoms with Crippen molar-refractivity contribution in [2.75, 3.05) is 29.9 Å². The monoisotopic (exact) mass is 290 g/mol. The van der Waals surface area contributed by atoms with E-state index in [1.165, 1.54) is 0 Å². The van der Waals surface area contributed by atoms with Crippen molar-refractivity contribution in [1.82, 2.24) is 9.97 Å². The van der Waals surface area contributed by atoms with Gasteiger partial charge in [-0.15, -0.1) is 11.3 Å². The zero-order valence-corrected chi connectivity index (χ0v) is 12.3. The Morgan fingerprint density at radius 3 is 3.10 bits per heavy atom. The summed E-state index contributed by atoms with van der Waals surface area (Å²) >= 11 is 1.60. The molecule has 1 fully saturated rings. The first-order valence-corrected chi connectivity index (χ1v) is 7.64. The number of ether oxygens (including phenoxy) is 1.